The van der Waals surface area contributed by atoms with E-state index in [0.29, 0.717) is 19.5 Å². The second kappa shape index (κ2) is 6.55. The number of hydrogen-bond acceptors (Lipinski definition) is 3. The van der Waals surface area contributed by atoms with E-state index in [2.05, 4.69) is 22.8 Å². The van der Waals surface area contributed by atoms with Gasteiger partial charge in [-0.15, -0.1) is 0 Å². The van der Waals surface area contributed by atoms with Crippen LogP contribution in [0.2, 0.25) is 0 Å². The predicted octanol–water partition coefficient (Wildman–Crippen LogP) is 3.19. The Labute approximate surface area is 163 Å². The fraction of sp³-hybridized carbons (Fsp3) is 0.364. The topological polar surface area (TPSA) is 70.7 Å². The van der Waals surface area contributed by atoms with Crippen LogP contribution in [0, 0.1) is 0 Å². The molecule has 3 aliphatic rings. The maximum atomic E-state index is 12.5. The molecule has 144 valence electrons. The summed E-state index contributed by atoms with van der Waals surface area (Å²) in [4.78, 5) is 26.2. The van der Waals surface area contributed by atoms with Crippen LogP contribution in [-0.4, -0.2) is 32.1 Å². The van der Waals surface area contributed by atoms with E-state index >= 15 is 0 Å². The first-order valence-electron chi connectivity index (χ1n) is 9.83. The average Bonchev–Trinajstić information content (AvgIpc) is 3.33. The highest BCUT2D eigenvalue weighted by atomic mass is 16.5. The molecule has 0 saturated carbocycles. The summed E-state index contributed by atoms with van der Waals surface area (Å²) < 4.78 is 5.70. The molecule has 2 aliphatic heterocycles. The fourth-order valence-corrected chi connectivity index (χ4v) is 4.69. The van der Waals surface area contributed by atoms with Gasteiger partial charge in [-0.2, -0.15) is 0 Å². The SMILES string of the molecule is COc1cc2c(cc1C1CC(=O)Nc3cc(N4CCNC4=O)ccc31)CCC2. The van der Waals surface area contributed by atoms with E-state index in [0.717, 1.165) is 41.1 Å². The first-order valence-corrected chi connectivity index (χ1v) is 9.83. The zero-order chi connectivity index (χ0) is 19.3. The van der Waals surface area contributed by atoms with Crippen molar-refractivity contribution in [2.45, 2.75) is 31.6 Å². The molecule has 2 N–H and O–H groups in total. The summed E-state index contributed by atoms with van der Waals surface area (Å²) >= 11 is 0. The molecular formula is C22H23N3O3. The molecular weight excluding hydrogens is 354 g/mol. The van der Waals surface area contributed by atoms with E-state index in [1.165, 1.54) is 17.5 Å². The minimum Gasteiger partial charge on any atom is -0.496 e. The van der Waals surface area contributed by atoms with E-state index in [1.807, 2.05) is 18.2 Å². The van der Waals surface area contributed by atoms with Crippen LogP contribution in [0.3, 0.4) is 0 Å². The quantitative estimate of drug-likeness (QED) is 0.863. The van der Waals surface area contributed by atoms with Crippen molar-refractivity contribution >= 4 is 23.3 Å². The Bertz CT molecular complexity index is 985. The van der Waals surface area contributed by atoms with Crippen molar-refractivity contribution in [2.24, 2.45) is 0 Å². The second-order valence-electron chi connectivity index (χ2n) is 7.68. The molecule has 6 heteroatoms. The molecule has 1 fully saturated rings. The lowest BCUT2D eigenvalue weighted by Crippen LogP contribution is -2.29. The number of ether oxygens (including phenoxy) is 1. The van der Waals surface area contributed by atoms with Crippen molar-refractivity contribution in [3.8, 4) is 5.75 Å². The molecule has 1 atom stereocenters. The highest BCUT2D eigenvalue weighted by Gasteiger charge is 2.31. The maximum absolute atomic E-state index is 12.5. The van der Waals surface area contributed by atoms with Crippen molar-refractivity contribution in [1.29, 1.82) is 0 Å². The highest BCUT2D eigenvalue weighted by Crippen LogP contribution is 2.44. The van der Waals surface area contributed by atoms with Gasteiger partial charge < -0.3 is 15.4 Å². The van der Waals surface area contributed by atoms with Gasteiger partial charge in [-0.25, -0.2) is 4.79 Å². The van der Waals surface area contributed by atoms with Crippen molar-refractivity contribution in [3.05, 3.63) is 52.6 Å². The van der Waals surface area contributed by atoms with Gasteiger partial charge >= 0.3 is 6.03 Å². The molecule has 0 spiro atoms. The molecule has 2 aromatic rings. The predicted molar refractivity (Wildman–Crippen MR) is 107 cm³/mol. The number of carbonyl (C=O) groups is 2. The Balaban J connectivity index is 1.58. The van der Waals surface area contributed by atoms with Crippen molar-refractivity contribution in [3.63, 3.8) is 0 Å². The smallest absolute Gasteiger partial charge is 0.321 e. The molecule has 2 aromatic carbocycles. The molecule has 6 nitrogen and oxygen atoms in total. The molecule has 0 bridgehead atoms. The fourth-order valence-electron chi connectivity index (χ4n) is 4.69. The van der Waals surface area contributed by atoms with Crippen LogP contribution >= 0.6 is 0 Å². The van der Waals surface area contributed by atoms with Gasteiger partial charge in [0.05, 0.1) is 7.11 Å². The second-order valence-corrected chi connectivity index (χ2v) is 7.68. The number of nitrogens with zero attached hydrogens (tertiary/aromatic N) is 1. The number of methoxy groups -OCH3 is 1. The third-order valence-electron chi connectivity index (χ3n) is 6.06. The van der Waals surface area contributed by atoms with Gasteiger partial charge in [0, 0.05) is 42.4 Å². The maximum Gasteiger partial charge on any atom is 0.321 e. The summed E-state index contributed by atoms with van der Waals surface area (Å²) in [7, 11) is 1.69. The van der Waals surface area contributed by atoms with Crippen LogP contribution in [0.5, 0.6) is 5.75 Å². The first kappa shape index (κ1) is 17.1. The van der Waals surface area contributed by atoms with Gasteiger partial charge in [0.1, 0.15) is 5.75 Å². The average molecular weight is 377 g/mol. The number of hydrogen-bond donors (Lipinski definition) is 2. The van der Waals surface area contributed by atoms with Gasteiger partial charge in [-0.3, -0.25) is 9.69 Å². The monoisotopic (exact) mass is 377 g/mol. The van der Waals surface area contributed by atoms with Crippen LogP contribution in [0.25, 0.3) is 0 Å². The minimum absolute atomic E-state index is 0.0110. The van der Waals surface area contributed by atoms with Crippen molar-refractivity contribution in [1.82, 2.24) is 5.32 Å². The number of benzene rings is 2. The molecule has 0 aromatic heterocycles. The number of carbonyl (C=O) groups excluding carboxylic acids is 2. The number of amides is 3. The summed E-state index contributed by atoms with van der Waals surface area (Å²) in [6.07, 6.45) is 3.74. The third-order valence-corrected chi connectivity index (χ3v) is 6.06. The van der Waals surface area contributed by atoms with Crippen LogP contribution in [-0.2, 0) is 17.6 Å². The Morgan fingerprint density at radius 3 is 2.64 bits per heavy atom. The Kier molecular flexibility index (Phi) is 4.00. The molecule has 1 aliphatic carbocycles. The van der Waals surface area contributed by atoms with E-state index in [-0.39, 0.29) is 17.9 Å². The van der Waals surface area contributed by atoms with E-state index < -0.39 is 0 Å². The number of rotatable bonds is 3. The third kappa shape index (κ3) is 2.71. The van der Waals surface area contributed by atoms with Crippen molar-refractivity contribution in [2.75, 3.05) is 30.4 Å². The zero-order valence-corrected chi connectivity index (χ0v) is 15.9. The summed E-state index contributed by atoms with van der Waals surface area (Å²) in [5.74, 6) is 0.795. The lowest BCUT2D eigenvalue weighted by molar-refractivity contribution is -0.116. The highest BCUT2D eigenvalue weighted by molar-refractivity contribution is 5.98. The lowest BCUT2D eigenvalue weighted by atomic mass is 9.83. The van der Waals surface area contributed by atoms with Crippen LogP contribution < -0.4 is 20.3 Å². The normalized spacial score (nSPS) is 20.5. The number of aryl methyl sites for hydroxylation is 2. The molecule has 1 unspecified atom stereocenters. The van der Waals surface area contributed by atoms with Gasteiger partial charge in [-0.05, 0) is 54.2 Å². The number of fused-ring (bicyclic) bond motifs is 2. The van der Waals surface area contributed by atoms with E-state index in [9.17, 15) is 9.59 Å². The van der Waals surface area contributed by atoms with Gasteiger partial charge in [0.25, 0.3) is 0 Å². The summed E-state index contributed by atoms with van der Waals surface area (Å²) in [5, 5.41) is 5.80. The zero-order valence-electron chi connectivity index (χ0n) is 15.9. The minimum atomic E-state index is -0.0982. The van der Waals surface area contributed by atoms with Crippen LogP contribution in [0.4, 0.5) is 16.2 Å². The van der Waals surface area contributed by atoms with Gasteiger partial charge in [-0.1, -0.05) is 12.1 Å². The number of nitrogens with one attached hydrogen (secondary N) is 2. The van der Waals surface area contributed by atoms with Crippen molar-refractivity contribution < 1.29 is 14.3 Å². The standard InChI is InChI=1S/C22H23N3O3/c1-28-20-10-14-4-2-3-13(14)9-18(20)17-12-21(26)24-19-11-15(5-6-16(17)19)25-8-7-23-22(25)27/h5-6,9-11,17H,2-4,7-8,12H2,1H3,(H,23,27)(H,24,26). The molecule has 0 radical (unpaired) electrons. The summed E-state index contributed by atoms with van der Waals surface area (Å²) in [5.41, 5.74) is 6.45. The summed E-state index contributed by atoms with van der Waals surface area (Å²) in [6.45, 7) is 1.27. The Morgan fingerprint density at radius 2 is 1.89 bits per heavy atom. The summed E-state index contributed by atoms with van der Waals surface area (Å²) in [6, 6.07) is 10.2. The molecule has 3 amide bonds. The first-order chi connectivity index (χ1) is 13.6. The van der Waals surface area contributed by atoms with Gasteiger partial charge in [0.15, 0.2) is 0 Å². The Morgan fingerprint density at radius 1 is 1.07 bits per heavy atom. The van der Waals surface area contributed by atoms with Crippen LogP contribution in [0.15, 0.2) is 30.3 Å². The molecule has 5 rings (SSSR count). The molecule has 1 saturated heterocycles. The molecule has 2 heterocycles. The van der Waals surface area contributed by atoms with E-state index in [1.54, 1.807) is 12.0 Å². The number of urea groups is 1. The lowest BCUT2D eigenvalue weighted by Gasteiger charge is -2.29. The largest absolute Gasteiger partial charge is 0.496 e. The van der Waals surface area contributed by atoms with E-state index in [4.69, 9.17) is 4.74 Å². The van der Waals surface area contributed by atoms with Crippen LogP contribution in [0.1, 0.15) is 41.0 Å². The molecule has 28 heavy (non-hydrogen) atoms. The number of anilines is 2. The van der Waals surface area contributed by atoms with Gasteiger partial charge in [0.2, 0.25) is 5.91 Å². The Hall–Kier alpha value is -3.02.